The number of nitrogens with zero attached hydrogens (tertiary/aromatic N) is 2. The first-order valence-corrected chi connectivity index (χ1v) is 6.01. The number of hydrogen-bond donors (Lipinski definition) is 1. The quantitative estimate of drug-likeness (QED) is 0.681. The van der Waals surface area contributed by atoms with Crippen molar-refractivity contribution in [1.82, 2.24) is 4.98 Å². The molecule has 1 aromatic heterocycles. The minimum atomic E-state index is -4.56. The lowest BCUT2D eigenvalue weighted by atomic mass is 10.2. The highest BCUT2D eigenvalue weighted by atomic mass is 35.5. The van der Waals surface area contributed by atoms with Gasteiger partial charge in [-0.3, -0.25) is 0 Å². The van der Waals surface area contributed by atoms with Gasteiger partial charge in [-0.05, 0) is 11.8 Å². The second-order valence-electron chi connectivity index (χ2n) is 3.08. The van der Waals surface area contributed by atoms with Gasteiger partial charge >= 0.3 is 5.51 Å². The fourth-order valence-corrected chi connectivity index (χ4v) is 2.40. The molecule has 0 spiro atoms. The van der Waals surface area contributed by atoms with Gasteiger partial charge in [-0.25, -0.2) is 0 Å². The maximum Gasteiger partial charge on any atom is 0.446 e. The number of aromatic amines is 1. The average molecular weight is 314 g/mol. The molecule has 1 unspecified atom stereocenters. The van der Waals surface area contributed by atoms with Gasteiger partial charge in [0.05, 0.1) is 11.0 Å². The predicted molar refractivity (Wildman–Crippen MR) is 61.4 cm³/mol. The molecular weight excluding hydrogens is 310 g/mol. The molecule has 0 radical (unpaired) electrons. The summed E-state index contributed by atoms with van der Waals surface area (Å²) < 4.78 is 37.1. The number of nitrogens with one attached hydrogen (secondary N) is 1. The molecule has 1 N–H and O–H groups in total. The minimum absolute atomic E-state index is 0.0282. The second kappa shape index (κ2) is 5.75. The number of alkyl halides is 4. The highest BCUT2D eigenvalue weighted by molar-refractivity contribution is 8.00. The molecule has 1 atom stereocenters. The molecule has 0 aliphatic rings. The third kappa shape index (κ3) is 3.74. The average Bonchev–Trinajstić information content (AvgIpc) is 2.52. The molecule has 1 heterocycles. The summed E-state index contributed by atoms with van der Waals surface area (Å²) in [4.78, 5) is 2.10. The predicted octanol–water partition coefficient (Wildman–Crippen LogP) is 3.83. The van der Waals surface area contributed by atoms with E-state index in [9.17, 15) is 13.2 Å². The van der Waals surface area contributed by atoms with Crippen LogP contribution in [0.15, 0.2) is 4.90 Å². The van der Waals surface area contributed by atoms with E-state index in [-0.39, 0.29) is 27.7 Å². The van der Waals surface area contributed by atoms with E-state index in [0.29, 0.717) is 0 Å². The van der Waals surface area contributed by atoms with Crippen molar-refractivity contribution in [1.29, 1.82) is 10.5 Å². The van der Waals surface area contributed by atoms with Crippen LogP contribution < -0.4 is 0 Å². The van der Waals surface area contributed by atoms with E-state index in [2.05, 4.69) is 4.98 Å². The zero-order valence-corrected chi connectivity index (χ0v) is 10.8. The van der Waals surface area contributed by atoms with Crippen molar-refractivity contribution in [3.05, 3.63) is 16.4 Å². The lowest BCUT2D eigenvalue weighted by Gasteiger charge is -2.07. The Hall–Kier alpha value is -1.02. The van der Waals surface area contributed by atoms with Gasteiger partial charge in [0.1, 0.15) is 22.2 Å². The Morgan fingerprint density at radius 2 is 2.00 bits per heavy atom. The standard InChI is InChI=1S/C9H4Cl2F3N3S/c10-4(2-15)1-6-7(18-9(12,13)14)5(3-16)8(11)17-6/h4,17H,1H2. The summed E-state index contributed by atoms with van der Waals surface area (Å²) in [6.45, 7) is 0. The van der Waals surface area contributed by atoms with Crippen molar-refractivity contribution >= 4 is 35.0 Å². The monoisotopic (exact) mass is 313 g/mol. The molecule has 0 saturated heterocycles. The van der Waals surface area contributed by atoms with Crippen molar-refractivity contribution in [2.75, 3.05) is 0 Å². The Bertz CT molecular complexity index is 527. The van der Waals surface area contributed by atoms with Crippen LogP contribution in [0, 0.1) is 22.7 Å². The van der Waals surface area contributed by atoms with Gasteiger partial charge in [-0.1, -0.05) is 11.6 Å². The molecule has 0 amide bonds. The van der Waals surface area contributed by atoms with Crippen LogP contribution in [-0.2, 0) is 6.42 Å². The summed E-state index contributed by atoms with van der Waals surface area (Å²) in [6, 6.07) is 3.27. The van der Waals surface area contributed by atoms with Crippen LogP contribution in [0.25, 0.3) is 0 Å². The minimum Gasteiger partial charge on any atom is -0.347 e. The summed E-state index contributed by atoms with van der Waals surface area (Å²) in [5.41, 5.74) is -4.82. The Morgan fingerprint density at radius 3 is 2.44 bits per heavy atom. The molecule has 1 rings (SSSR count). The van der Waals surface area contributed by atoms with E-state index in [1.165, 1.54) is 0 Å². The third-order valence-corrected chi connectivity index (χ3v) is 3.26. The van der Waals surface area contributed by atoms with Crippen molar-refractivity contribution in [2.24, 2.45) is 0 Å². The van der Waals surface area contributed by atoms with E-state index in [1.54, 1.807) is 12.1 Å². The maximum absolute atomic E-state index is 12.4. The first-order chi connectivity index (χ1) is 8.28. The van der Waals surface area contributed by atoms with Crippen LogP contribution in [-0.4, -0.2) is 15.9 Å². The van der Waals surface area contributed by atoms with Crippen LogP contribution in [0.3, 0.4) is 0 Å². The summed E-state index contributed by atoms with van der Waals surface area (Å²) >= 11 is 10.7. The molecule has 3 nitrogen and oxygen atoms in total. The van der Waals surface area contributed by atoms with E-state index < -0.39 is 22.6 Å². The number of hydrogen-bond acceptors (Lipinski definition) is 3. The lowest BCUT2D eigenvalue weighted by molar-refractivity contribution is -0.0328. The van der Waals surface area contributed by atoms with Gasteiger partial charge in [0.25, 0.3) is 0 Å². The maximum atomic E-state index is 12.4. The van der Waals surface area contributed by atoms with Gasteiger partial charge in [-0.15, -0.1) is 11.6 Å². The smallest absolute Gasteiger partial charge is 0.347 e. The zero-order chi connectivity index (χ0) is 13.9. The Balaban J connectivity index is 3.19. The zero-order valence-electron chi connectivity index (χ0n) is 8.48. The van der Waals surface area contributed by atoms with Crippen molar-refractivity contribution < 1.29 is 13.2 Å². The number of nitriles is 2. The molecule has 9 heteroatoms. The van der Waals surface area contributed by atoms with Crippen LogP contribution in [0.1, 0.15) is 11.3 Å². The number of H-pyrrole nitrogens is 1. The summed E-state index contributed by atoms with van der Waals surface area (Å²) in [6.07, 6.45) is -0.155. The van der Waals surface area contributed by atoms with Crippen LogP contribution >= 0.6 is 35.0 Å². The number of aromatic nitrogens is 1. The molecule has 0 aliphatic heterocycles. The molecule has 0 fully saturated rings. The summed E-state index contributed by atoms with van der Waals surface area (Å²) in [7, 11) is 0. The Kier molecular flexibility index (Phi) is 4.80. The first-order valence-electron chi connectivity index (χ1n) is 4.38. The van der Waals surface area contributed by atoms with Crippen LogP contribution in [0.4, 0.5) is 13.2 Å². The van der Waals surface area contributed by atoms with Gasteiger partial charge in [-0.2, -0.15) is 23.7 Å². The molecule has 0 bridgehead atoms. The van der Waals surface area contributed by atoms with Crippen molar-refractivity contribution in [3.63, 3.8) is 0 Å². The van der Waals surface area contributed by atoms with Crippen LogP contribution in [0.5, 0.6) is 0 Å². The van der Waals surface area contributed by atoms with E-state index >= 15 is 0 Å². The molecule has 96 valence electrons. The number of rotatable bonds is 3. The number of halogens is 5. The largest absolute Gasteiger partial charge is 0.446 e. The third-order valence-electron chi connectivity index (χ3n) is 1.83. The molecule has 18 heavy (non-hydrogen) atoms. The fourth-order valence-electron chi connectivity index (χ4n) is 1.20. The van der Waals surface area contributed by atoms with Crippen LogP contribution in [0.2, 0.25) is 5.15 Å². The van der Waals surface area contributed by atoms with Gasteiger partial charge in [0.2, 0.25) is 0 Å². The molecule has 1 aromatic rings. The van der Waals surface area contributed by atoms with Crippen molar-refractivity contribution in [2.45, 2.75) is 22.2 Å². The Morgan fingerprint density at radius 1 is 1.39 bits per heavy atom. The van der Waals surface area contributed by atoms with Crippen molar-refractivity contribution in [3.8, 4) is 12.1 Å². The SMILES string of the molecule is N#Cc1c(Cl)[nH]c(CC(Cl)C#N)c1SC(F)(F)F. The second-order valence-corrected chi connectivity index (χ2v) is 5.06. The molecule has 0 aromatic carbocycles. The highest BCUT2D eigenvalue weighted by Crippen LogP contribution is 2.42. The van der Waals surface area contributed by atoms with E-state index in [0.717, 1.165) is 0 Å². The topological polar surface area (TPSA) is 63.4 Å². The number of thioether (sulfide) groups is 1. The van der Waals surface area contributed by atoms with Gasteiger partial charge < -0.3 is 4.98 Å². The summed E-state index contributed by atoms with van der Waals surface area (Å²) in [5.74, 6) is 0. The van der Waals surface area contributed by atoms with Gasteiger partial charge in [0, 0.05) is 12.1 Å². The fraction of sp³-hybridized carbons (Fsp3) is 0.333. The Labute approximate surface area is 114 Å². The molecular formula is C9H4Cl2F3N3S. The van der Waals surface area contributed by atoms with E-state index in [4.69, 9.17) is 33.7 Å². The normalized spacial score (nSPS) is 12.8. The van der Waals surface area contributed by atoms with E-state index in [1.807, 2.05) is 0 Å². The molecule has 0 aliphatic carbocycles. The first kappa shape index (κ1) is 15.0. The molecule has 0 saturated carbocycles. The van der Waals surface area contributed by atoms with Gasteiger partial charge in [0.15, 0.2) is 0 Å². The summed E-state index contributed by atoms with van der Waals surface area (Å²) in [5, 5.41) is 16.1. The lowest BCUT2D eigenvalue weighted by Crippen LogP contribution is -2.04. The highest BCUT2D eigenvalue weighted by Gasteiger charge is 2.34.